The van der Waals surface area contributed by atoms with Crippen LogP contribution in [0.5, 0.6) is 5.75 Å². The summed E-state index contributed by atoms with van der Waals surface area (Å²) in [6.45, 7) is 5.33. The van der Waals surface area contributed by atoms with Crippen molar-refractivity contribution in [3.63, 3.8) is 0 Å². The van der Waals surface area contributed by atoms with Gasteiger partial charge in [-0.2, -0.15) is 5.10 Å². The van der Waals surface area contributed by atoms with Crippen molar-refractivity contribution in [1.29, 1.82) is 0 Å². The largest absolute Gasteiger partial charge is 0.492 e. The summed E-state index contributed by atoms with van der Waals surface area (Å²) in [6, 6.07) is 3.97. The van der Waals surface area contributed by atoms with Gasteiger partial charge in [-0.3, -0.25) is 4.68 Å². The molecule has 0 amide bonds. The monoisotopic (exact) mass is 339 g/mol. The van der Waals surface area contributed by atoms with Gasteiger partial charge in [-0.05, 0) is 45.1 Å². The molecule has 132 valence electrons. The van der Waals surface area contributed by atoms with Gasteiger partial charge in [0.05, 0.1) is 17.7 Å². The van der Waals surface area contributed by atoms with Gasteiger partial charge in [0.25, 0.3) is 0 Å². The van der Waals surface area contributed by atoms with Crippen LogP contribution in [0.2, 0.25) is 0 Å². The quantitative estimate of drug-likeness (QED) is 0.794. The molecule has 0 aliphatic carbocycles. The van der Waals surface area contributed by atoms with Gasteiger partial charge in [0, 0.05) is 36.6 Å². The summed E-state index contributed by atoms with van der Waals surface area (Å²) in [4.78, 5) is 10.1. The van der Waals surface area contributed by atoms with Gasteiger partial charge in [0.15, 0.2) is 0 Å². The van der Waals surface area contributed by atoms with E-state index in [-0.39, 0.29) is 5.41 Å². The maximum absolute atomic E-state index is 6.31. The molecule has 1 fully saturated rings. The van der Waals surface area contributed by atoms with Crippen molar-refractivity contribution in [2.45, 2.75) is 19.8 Å². The van der Waals surface area contributed by atoms with Gasteiger partial charge in [0.2, 0.25) is 0 Å². The van der Waals surface area contributed by atoms with Crippen LogP contribution < -0.4 is 4.74 Å². The van der Waals surface area contributed by atoms with E-state index in [1.54, 1.807) is 6.20 Å². The van der Waals surface area contributed by atoms with E-state index in [1.165, 1.54) is 0 Å². The second-order valence-corrected chi connectivity index (χ2v) is 7.51. The molecule has 0 unspecified atom stereocenters. The fourth-order valence-electron chi connectivity index (χ4n) is 3.46. The summed E-state index contributed by atoms with van der Waals surface area (Å²) in [5.74, 6) is 0.882. The molecule has 4 heterocycles. The molecule has 3 aromatic heterocycles. The number of piperidine rings is 1. The lowest BCUT2D eigenvalue weighted by atomic mass is 9.81. The maximum atomic E-state index is 6.31. The van der Waals surface area contributed by atoms with Crippen molar-refractivity contribution in [3.8, 4) is 17.0 Å². The molecule has 1 aliphatic heterocycles. The van der Waals surface area contributed by atoms with Crippen molar-refractivity contribution in [2.75, 3.05) is 26.7 Å². The number of hydrogen-bond acceptors (Lipinski definition) is 4. The van der Waals surface area contributed by atoms with E-state index in [4.69, 9.17) is 4.74 Å². The first-order valence-electron chi connectivity index (χ1n) is 8.82. The van der Waals surface area contributed by atoms with Crippen LogP contribution in [0.1, 0.15) is 19.8 Å². The molecule has 4 rings (SSSR count). The number of nitrogens with one attached hydrogen (secondary N) is 1. The van der Waals surface area contributed by atoms with E-state index in [2.05, 4.69) is 33.9 Å². The second kappa shape index (κ2) is 6.19. The van der Waals surface area contributed by atoms with Gasteiger partial charge in [0.1, 0.15) is 11.4 Å². The van der Waals surface area contributed by atoms with Crippen LogP contribution in [-0.2, 0) is 7.05 Å². The first kappa shape index (κ1) is 16.1. The molecular weight excluding hydrogens is 314 g/mol. The number of H-pyrrole nitrogens is 1. The van der Waals surface area contributed by atoms with Crippen LogP contribution in [0.4, 0.5) is 0 Å². The van der Waals surface area contributed by atoms with Crippen LogP contribution in [0, 0.1) is 5.41 Å². The molecule has 0 spiro atoms. The molecular formula is C19H25N5O. The lowest BCUT2D eigenvalue weighted by Gasteiger charge is -2.37. The lowest BCUT2D eigenvalue weighted by molar-refractivity contribution is 0.0810. The highest BCUT2D eigenvalue weighted by molar-refractivity contribution is 5.97. The third-order valence-corrected chi connectivity index (χ3v) is 5.30. The van der Waals surface area contributed by atoms with Crippen molar-refractivity contribution >= 4 is 11.0 Å². The Hall–Kier alpha value is -2.34. The highest BCUT2D eigenvalue weighted by Gasteiger charge is 2.30. The molecule has 0 radical (unpaired) electrons. The topological polar surface area (TPSA) is 59.0 Å². The molecule has 1 N–H and O–H groups in total. The van der Waals surface area contributed by atoms with Gasteiger partial charge in [-0.1, -0.05) is 6.92 Å². The molecule has 3 aromatic rings. The number of hydrogen-bond donors (Lipinski definition) is 1. The Kier molecular flexibility index (Phi) is 4.00. The predicted molar refractivity (Wildman–Crippen MR) is 98.6 cm³/mol. The summed E-state index contributed by atoms with van der Waals surface area (Å²) >= 11 is 0. The van der Waals surface area contributed by atoms with Gasteiger partial charge < -0.3 is 14.6 Å². The molecule has 0 saturated carbocycles. The van der Waals surface area contributed by atoms with Crippen LogP contribution in [0.25, 0.3) is 22.3 Å². The van der Waals surface area contributed by atoms with Crippen LogP contribution in [0.3, 0.4) is 0 Å². The first-order chi connectivity index (χ1) is 12.0. The number of aromatic nitrogens is 4. The summed E-state index contributed by atoms with van der Waals surface area (Å²) in [5, 5.41) is 5.54. The van der Waals surface area contributed by atoms with Crippen molar-refractivity contribution in [1.82, 2.24) is 24.6 Å². The molecule has 1 saturated heterocycles. The van der Waals surface area contributed by atoms with E-state index in [0.29, 0.717) is 0 Å². The molecule has 0 aromatic carbocycles. The number of aryl methyl sites for hydroxylation is 1. The number of likely N-dealkylation sites (tertiary alicyclic amines) is 1. The predicted octanol–water partition coefficient (Wildman–Crippen LogP) is 3.07. The fraction of sp³-hybridized carbons (Fsp3) is 0.474. The summed E-state index contributed by atoms with van der Waals surface area (Å²) in [6.07, 6.45) is 8.04. The lowest BCUT2D eigenvalue weighted by Crippen LogP contribution is -2.39. The fourth-order valence-corrected chi connectivity index (χ4v) is 3.46. The highest BCUT2D eigenvalue weighted by Crippen LogP contribution is 2.36. The molecule has 1 aliphatic rings. The number of aromatic amines is 1. The Morgan fingerprint density at radius 3 is 2.76 bits per heavy atom. The summed E-state index contributed by atoms with van der Waals surface area (Å²) < 4.78 is 8.12. The SMILES string of the molecule is CN1CCC(C)(COc2ccnc3[nH]cc(-c4ccn(C)n4)c23)CC1. The Morgan fingerprint density at radius 1 is 1.24 bits per heavy atom. The minimum Gasteiger partial charge on any atom is -0.492 e. The maximum Gasteiger partial charge on any atom is 0.141 e. The summed E-state index contributed by atoms with van der Waals surface area (Å²) in [5.41, 5.74) is 3.03. The zero-order valence-electron chi connectivity index (χ0n) is 15.1. The van der Waals surface area contributed by atoms with E-state index >= 15 is 0 Å². The van der Waals surface area contributed by atoms with Crippen LogP contribution in [-0.4, -0.2) is 51.4 Å². The van der Waals surface area contributed by atoms with E-state index < -0.39 is 0 Å². The van der Waals surface area contributed by atoms with E-state index in [9.17, 15) is 0 Å². The smallest absolute Gasteiger partial charge is 0.141 e. The average Bonchev–Trinajstić information content (AvgIpc) is 3.22. The zero-order valence-corrected chi connectivity index (χ0v) is 15.1. The number of rotatable bonds is 4. The average molecular weight is 339 g/mol. The number of pyridine rings is 1. The first-order valence-corrected chi connectivity index (χ1v) is 8.82. The van der Waals surface area contributed by atoms with E-state index in [0.717, 1.165) is 60.6 Å². The normalized spacial score (nSPS) is 17.9. The third-order valence-electron chi connectivity index (χ3n) is 5.30. The van der Waals surface area contributed by atoms with Gasteiger partial charge >= 0.3 is 0 Å². The zero-order chi connectivity index (χ0) is 17.4. The second-order valence-electron chi connectivity index (χ2n) is 7.51. The minimum absolute atomic E-state index is 0.226. The Morgan fingerprint density at radius 2 is 2.04 bits per heavy atom. The molecule has 0 atom stereocenters. The molecule has 6 nitrogen and oxygen atoms in total. The highest BCUT2D eigenvalue weighted by atomic mass is 16.5. The number of ether oxygens (including phenoxy) is 1. The number of fused-ring (bicyclic) bond motifs is 1. The minimum atomic E-state index is 0.226. The van der Waals surface area contributed by atoms with Crippen LogP contribution in [0.15, 0.2) is 30.7 Å². The Balaban J connectivity index is 1.62. The third kappa shape index (κ3) is 3.14. The Bertz CT molecular complexity index is 873. The van der Waals surface area contributed by atoms with Crippen LogP contribution >= 0.6 is 0 Å². The molecule has 25 heavy (non-hydrogen) atoms. The molecule has 6 heteroatoms. The standard InChI is InChI=1S/C19H25N5O/c1-19(6-10-23(2)11-7-19)13-25-16-4-8-20-18-17(16)14(12-21-18)15-5-9-24(3)22-15/h4-5,8-9,12H,6-7,10-11,13H2,1-3H3,(H,20,21). The summed E-state index contributed by atoms with van der Waals surface area (Å²) in [7, 11) is 4.11. The van der Waals surface area contributed by atoms with Crippen molar-refractivity contribution in [2.24, 2.45) is 12.5 Å². The number of nitrogens with zero attached hydrogens (tertiary/aromatic N) is 4. The van der Waals surface area contributed by atoms with Crippen molar-refractivity contribution in [3.05, 3.63) is 30.7 Å². The Labute approximate surface area is 147 Å². The van der Waals surface area contributed by atoms with Gasteiger partial charge in [-0.15, -0.1) is 0 Å². The molecule has 0 bridgehead atoms. The van der Waals surface area contributed by atoms with Gasteiger partial charge in [-0.25, -0.2) is 4.98 Å². The van der Waals surface area contributed by atoms with E-state index in [1.807, 2.05) is 36.3 Å². The van der Waals surface area contributed by atoms with Crippen molar-refractivity contribution < 1.29 is 4.74 Å².